The monoisotopic (exact) mass is 251 g/mol. The van der Waals surface area contributed by atoms with Crippen molar-refractivity contribution in [1.29, 1.82) is 0 Å². The highest BCUT2D eigenvalue weighted by Crippen LogP contribution is 2.26. The Hall–Kier alpha value is -1.69. The molecule has 6 heteroatoms. The summed E-state index contributed by atoms with van der Waals surface area (Å²) in [6.07, 6.45) is 3.93. The Balaban J connectivity index is 1.97. The van der Waals surface area contributed by atoms with Gasteiger partial charge in [-0.1, -0.05) is 0 Å². The molecule has 0 saturated heterocycles. The van der Waals surface area contributed by atoms with E-state index in [1.54, 1.807) is 6.92 Å². The average Bonchev–Trinajstić information content (AvgIpc) is 2.74. The molecule has 2 atom stereocenters. The Morgan fingerprint density at radius 1 is 1.61 bits per heavy atom. The lowest BCUT2D eigenvalue weighted by Crippen LogP contribution is -2.13. The summed E-state index contributed by atoms with van der Waals surface area (Å²) in [5.41, 5.74) is 0.640. The molecule has 2 N–H and O–H groups in total. The SMILES string of the molecule is Cc1cnc(NCC2CCC(O)C2)cc1[N+](=O)[O-]. The Morgan fingerprint density at radius 2 is 2.39 bits per heavy atom. The summed E-state index contributed by atoms with van der Waals surface area (Å²) >= 11 is 0. The third-order valence-corrected chi connectivity index (χ3v) is 3.36. The van der Waals surface area contributed by atoms with Gasteiger partial charge in [-0.25, -0.2) is 4.98 Å². The quantitative estimate of drug-likeness (QED) is 0.630. The summed E-state index contributed by atoms with van der Waals surface area (Å²) in [6.45, 7) is 2.37. The van der Waals surface area contributed by atoms with Crippen molar-refractivity contribution in [2.45, 2.75) is 32.3 Å². The predicted molar refractivity (Wildman–Crippen MR) is 67.5 cm³/mol. The third kappa shape index (κ3) is 2.95. The van der Waals surface area contributed by atoms with Gasteiger partial charge in [0.1, 0.15) is 5.82 Å². The number of rotatable bonds is 4. The highest BCUT2D eigenvalue weighted by molar-refractivity contribution is 5.48. The first-order valence-corrected chi connectivity index (χ1v) is 6.09. The second-order valence-corrected chi connectivity index (χ2v) is 4.83. The van der Waals surface area contributed by atoms with E-state index in [0.29, 0.717) is 23.8 Å². The molecule has 1 aliphatic rings. The van der Waals surface area contributed by atoms with Crippen LogP contribution in [0.15, 0.2) is 12.3 Å². The van der Waals surface area contributed by atoms with Crippen LogP contribution < -0.4 is 5.32 Å². The molecule has 0 radical (unpaired) electrons. The zero-order chi connectivity index (χ0) is 13.1. The molecule has 1 aromatic heterocycles. The Morgan fingerprint density at radius 3 is 3.00 bits per heavy atom. The number of hydrogen-bond acceptors (Lipinski definition) is 5. The molecule has 1 saturated carbocycles. The largest absolute Gasteiger partial charge is 0.393 e. The van der Waals surface area contributed by atoms with Crippen LogP contribution in [0.25, 0.3) is 0 Å². The fourth-order valence-corrected chi connectivity index (χ4v) is 2.29. The van der Waals surface area contributed by atoms with Gasteiger partial charge in [0.15, 0.2) is 0 Å². The maximum absolute atomic E-state index is 10.8. The molecule has 98 valence electrons. The first-order chi connectivity index (χ1) is 8.56. The van der Waals surface area contributed by atoms with Gasteiger partial charge in [-0.15, -0.1) is 0 Å². The Kier molecular flexibility index (Phi) is 3.76. The lowest BCUT2D eigenvalue weighted by molar-refractivity contribution is -0.385. The third-order valence-electron chi connectivity index (χ3n) is 3.36. The molecule has 1 fully saturated rings. The molecule has 0 amide bonds. The number of nitrogens with one attached hydrogen (secondary N) is 1. The molecule has 2 unspecified atom stereocenters. The van der Waals surface area contributed by atoms with Gasteiger partial charge in [0.05, 0.1) is 17.1 Å². The highest BCUT2D eigenvalue weighted by Gasteiger charge is 2.22. The van der Waals surface area contributed by atoms with Gasteiger partial charge in [-0.2, -0.15) is 0 Å². The van der Waals surface area contributed by atoms with Crippen LogP contribution in [0.5, 0.6) is 0 Å². The van der Waals surface area contributed by atoms with E-state index in [1.807, 2.05) is 0 Å². The molecule has 1 aromatic rings. The number of hydrogen-bond donors (Lipinski definition) is 2. The minimum Gasteiger partial charge on any atom is -0.393 e. The van der Waals surface area contributed by atoms with Gasteiger partial charge < -0.3 is 10.4 Å². The number of aryl methyl sites for hydroxylation is 1. The topological polar surface area (TPSA) is 88.3 Å². The molecule has 2 rings (SSSR count). The van der Waals surface area contributed by atoms with Crippen LogP contribution in [0.3, 0.4) is 0 Å². The summed E-state index contributed by atoms with van der Waals surface area (Å²) < 4.78 is 0. The van der Waals surface area contributed by atoms with Gasteiger partial charge in [-0.05, 0) is 32.1 Å². The molecule has 0 aromatic carbocycles. The van der Waals surface area contributed by atoms with Gasteiger partial charge in [0, 0.05) is 18.3 Å². The van der Waals surface area contributed by atoms with Crippen molar-refractivity contribution < 1.29 is 10.0 Å². The first kappa shape index (κ1) is 12.8. The highest BCUT2D eigenvalue weighted by atomic mass is 16.6. The van der Waals surface area contributed by atoms with Gasteiger partial charge in [0.25, 0.3) is 5.69 Å². The van der Waals surface area contributed by atoms with Crippen LogP contribution in [-0.4, -0.2) is 27.7 Å². The predicted octanol–water partition coefficient (Wildman–Crippen LogP) is 1.87. The van der Waals surface area contributed by atoms with Crippen LogP contribution in [0.2, 0.25) is 0 Å². The molecule has 1 aliphatic carbocycles. The van der Waals surface area contributed by atoms with Gasteiger partial charge in [0.2, 0.25) is 0 Å². The zero-order valence-corrected chi connectivity index (χ0v) is 10.3. The van der Waals surface area contributed by atoms with Crippen molar-refractivity contribution in [2.75, 3.05) is 11.9 Å². The normalized spacial score (nSPS) is 23.0. The number of aromatic nitrogens is 1. The van der Waals surface area contributed by atoms with Crippen LogP contribution in [-0.2, 0) is 0 Å². The van der Waals surface area contributed by atoms with Crippen LogP contribution in [0, 0.1) is 23.0 Å². The Labute approximate surface area is 105 Å². The van der Waals surface area contributed by atoms with Gasteiger partial charge in [-0.3, -0.25) is 10.1 Å². The Bertz CT molecular complexity index is 450. The molecular weight excluding hydrogens is 234 g/mol. The van der Waals surface area contributed by atoms with Gasteiger partial charge >= 0.3 is 0 Å². The second-order valence-electron chi connectivity index (χ2n) is 4.83. The summed E-state index contributed by atoms with van der Waals surface area (Å²) in [6, 6.07) is 1.46. The molecule has 0 spiro atoms. The van der Waals surface area contributed by atoms with Crippen LogP contribution >= 0.6 is 0 Å². The molecule has 0 aliphatic heterocycles. The molecular formula is C12H17N3O3. The minimum absolute atomic E-state index is 0.0824. The first-order valence-electron chi connectivity index (χ1n) is 6.09. The fraction of sp³-hybridized carbons (Fsp3) is 0.583. The van der Waals surface area contributed by atoms with E-state index in [-0.39, 0.29) is 11.8 Å². The van der Waals surface area contributed by atoms with E-state index in [1.165, 1.54) is 12.3 Å². The summed E-state index contributed by atoms with van der Waals surface area (Å²) in [5.74, 6) is 0.941. The van der Waals surface area contributed by atoms with E-state index in [2.05, 4.69) is 10.3 Å². The molecule has 1 heterocycles. The summed E-state index contributed by atoms with van der Waals surface area (Å²) in [4.78, 5) is 14.5. The van der Waals surface area contributed by atoms with Crippen LogP contribution in [0.4, 0.5) is 11.5 Å². The molecule has 6 nitrogen and oxygen atoms in total. The summed E-state index contributed by atoms with van der Waals surface area (Å²) in [7, 11) is 0. The van der Waals surface area contributed by atoms with Crippen LogP contribution in [0.1, 0.15) is 24.8 Å². The number of aliphatic hydroxyl groups excluding tert-OH is 1. The average molecular weight is 251 g/mol. The van der Waals surface area contributed by atoms with Crippen molar-refractivity contribution in [1.82, 2.24) is 4.98 Å². The number of pyridine rings is 1. The second kappa shape index (κ2) is 5.30. The number of anilines is 1. The van der Waals surface area contributed by atoms with E-state index in [0.717, 1.165) is 19.3 Å². The van der Waals surface area contributed by atoms with E-state index >= 15 is 0 Å². The van der Waals surface area contributed by atoms with E-state index < -0.39 is 4.92 Å². The lowest BCUT2D eigenvalue weighted by Gasteiger charge is -2.11. The van der Waals surface area contributed by atoms with Crippen molar-refractivity contribution in [3.05, 3.63) is 27.9 Å². The maximum atomic E-state index is 10.8. The van der Waals surface area contributed by atoms with E-state index in [9.17, 15) is 15.2 Å². The van der Waals surface area contributed by atoms with Crippen molar-refractivity contribution in [3.63, 3.8) is 0 Å². The lowest BCUT2D eigenvalue weighted by atomic mass is 10.1. The zero-order valence-electron chi connectivity index (χ0n) is 10.3. The fourth-order valence-electron chi connectivity index (χ4n) is 2.29. The van der Waals surface area contributed by atoms with Crippen molar-refractivity contribution >= 4 is 11.5 Å². The van der Waals surface area contributed by atoms with Crippen molar-refractivity contribution in [2.24, 2.45) is 5.92 Å². The van der Waals surface area contributed by atoms with E-state index in [4.69, 9.17) is 0 Å². The molecule has 18 heavy (non-hydrogen) atoms. The maximum Gasteiger partial charge on any atom is 0.277 e. The smallest absolute Gasteiger partial charge is 0.277 e. The minimum atomic E-state index is -0.401. The van der Waals surface area contributed by atoms with Crippen molar-refractivity contribution in [3.8, 4) is 0 Å². The standard InChI is InChI=1S/C12H17N3O3/c1-8-6-13-12(5-11(8)15(17)18)14-7-9-2-3-10(16)4-9/h5-6,9-10,16H,2-4,7H2,1H3,(H,13,14). The molecule has 0 bridgehead atoms. The number of aliphatic hydroxyl groups is 1. The summed E-state index contributed by atoms with van der Waals surface area (Å²) in [5, 5.41) is 23.3. The number of nitro groups is 1. The number of nitrogens with zero attached hydrogens (tertiary/aromatic N) is 2.